The lowest BCUT2D eigenvalue weighted by Gasteiger charge is -2.47. The molecular formula is C24H33ClN4. The number of benzene rings is 2. The predicted molar refractivity (Wildman–Crippen MR) is 127 cm³/mol. The van der Waals surface area contributed by atoms with E-state index in [9.17, 15) is 0 Å². The minimum atomic E-state index is -0.0791. The van der Waals surface area contributed by atoms with Crippen LogP contribution in [0, 0.1) is 5.41 Å². The Hall–Kier alpha value is -2.04. The Bertz CT molecular complexity index is 881. The monoisotopic (exact) mass is 412 g/mol. The first kappa shape index (κ1) is 21.7. The average molecular weight is 413 g/mol. The lowest BCUT2D eigenvalue weighted by molar-refractivity contribution is 0.321. The van der Waals surface area contributed by atoms with Gasteiger partial charge in [0.25, 0.3) is 0 Å². The summed E-state index contributed by atoms with van der Waals surface area (Å²) in [5, 5.41) is 3.70. The van der Waals surface area contributed by atoms with E-state index in [1.54, 1.807) is 0 Å². The third-order valence-corrected chi connectivity index (χ3v) is 6.50. The predicted octanol–water partition coefficient (Wildman–Crippen LogP) is 5.36. The number of unbranched alkanes of at least 4 members (excludes halogenated alkanes) is 1. The molecular weight excluding hydrogens is 380 g/mol. The van der Waals surface area contributed by atoms with Crippen LogP contribution in [0.15, 0.2) is 53.5 Å². The second kappa shape index (κ2) is 8.76. The molecule has 0 fully saturated rings. The Kier molecular flexibility index (Phi) is 6.55. The van der Waals surface area contributed by atoms with E-state index >= 15 is 0 Å². The van der Waals surface area contributed by atoms with Gasteiger partial charge in [-0.1, -0.05) is 50.2 Å². The molecule has 0 aliphatic carbocycles. The van der Waals surface area contributed by atoms with Gasteiger partial charge >= 0.3 is 0 Å². The van der Waals surface area contributed by atoms with E-state index in [2.05, 4.69) is 79.6 Å². The molecule has 5 heteroatoms. The van der Waals surface area contributed by atoms with E-state index in [0.29, 0.717) is 5.92 Å². The molecule has 0 saturated heterocycles. The number of aliphatic imine (C=N–C) groups is 1. The molecule has 0 bridgehead atoms. The first-order valence-corrected chi connectivity index (χ1v) is 10.5. The van der Waals surface area contributed by atoms with Crippen molar-refractivity contribution in [3.05, 3.63) is 59.7 Å². The number of fused-ring (bicyclic) bond motifs is 4. The summed E-state index contributed by atoms with van der Waals surface area (Å²) in [5.74, 6) is 1.59. The number of anilines is 2. The first-order chi connectivity index (χ1) is 13.6. The number of nitrogens with zero attached hydrogens (tertiary/aromatic N) is 2. The number of nitrogens with one attached hydrogen (secondary N) is 1. The number of hydrogen-bond acceptors (Lipinski definition) is 3. The van der Waals surface area contributed by atoms with Crippen molar-refractivity contribution in [3.63, 3.8) is 0 Å². The smallest absolute Gasteiger partial charge is 0.109 e. The minimum absolute atomic E-state index is 0. The van der Waals surface area contributed by atoms with Gasteiger partial charge in [-0.05, 0) is 55.0 Å². The van der Waals surface area contributed by atoms with Crippen molar-refractivity contribution in [1.82, 2.24) is 0 Å². The molecule has 0 amide bonds. The molecule has 4 nitrogen and oxygen atoms in total. The second-order valence-corrected chi connectivity index (χ2v) is 8.53. The second-order valence-electron chi connectivity index (χ2n) is 8.53. The summed E-state index contributed by atoms with van der Waals surface area (Å²) in [6, 6.07) is 17.8. The van der Waals surface area contributed by atoms with Crippen molar-refractivity contribution < 1.29 is 0 Å². The fourth-order valence-electron chi connectivity index (χ4n) is 5.21. The standard InChI is InChI=1S/C24H32N4.ClH/c1-17-16-24(2)22(28(3)21-13-7-5-10-18(17)21)19-11-4-6-12-20(19)27-23(24)26-15-9-8-14-25;/h4-7,10-13,17,22H,8-9,14-16,25H2,1-3H3,(H,26,27);1H/t17?,22-,24-;/m0./s1. The zero-order valence-corrected chi connectivity index (χ0v) is 18.5. The lowest BCUT2D eigenvalue weighted by atomic mass is 9.69. The summed E-state index contributed by atoms with van der Waals surface area (Å²) in [5.41, 5.74) is 10.9. The van der Waals surface area contributed by atoms with Gasteiger partial charge in [0.15, 0.2) is 0 Å². The number of para-hydroxylation sites is 2. The SMILES string of the molecule is CC1C[C@]2(C)C(=NCCCCN)Nc3ccccc3[C@@H]2N(C)c2ccccc21.Cl. The maximum absolute atomic E-state index is 5.68. The Morgan fingerprint density at radius 2 is 1.79 bits per heavy atom. The molecule has 156 valence electrons. The van der Waals surface area contributed by atoms with Gasteiger partial charge < -0.3 is 16.0 Å². The summed E-state index contributed by atoms with van der Waals surface area (Å²) < 4.78 is 0. The van der Waals surface area contributed by atoms with Crippen LogP contribution in [0.3, 0.4) is 0 Å². The van der Waals surface area contributed by atoms with Crippen LogP contribution in [-0.4, -0.2) is 26.0 Å². The Balaban J connectivity index is 0.00000240. The Morgan fingerprint density at radius 3 is 2.55 bits per heavy atom. The molecule has 2 aliphatic heterocycles. The number of halogens is 1. The van der Waals surface area contributed by atoms with Crippen LogP contribution in [-0.2, 0) is 0 Å². The minimum Gasteiger partial charge on any atom is -0.366 e. The van der Waals surface area contributed by atoms with Crippen LogP contribution in [0.2, 0.25) is 0 Å². The van der Waals surface area contributed by atoms with Crippen molar-refractivity contribution in [2.24, 2.45) is 16.1 Å². The maximum atomic E-state index is 5.68. The summed E-state index contributed by atoms with van der Waals surface area (Å²) in [6.07, 6.45) is 3.13. The topological polar surface area (TPSA) is 53.6 Å². The number of amidine groups is 1. The first-order valence-electron chi connectivity index (χ1n) is 10.5. The highest BCUT2D eigenvalue weighted by molar-refractivity contribution is 6.04. The van der Waals surface area contributed by atoms with Crippen molar-refractivity contribution in [3.8, 4) is 0 Å². The Labute approximate surface area is 181 Å². The highest BCUT2D eigenvalue weighted by atomic mass is 35.5. The van der Waals surface area contributed by atoms with Gasteiger partial charge in [-0.25, -0.2) is 0 Å². The fourth-order valence-corrected chi connectivity index (χ4v) is 5.21. The molecule has 3 N–H and O–H groups in total. The quantitative estimate of drug-likeness (QED) is 0.664. The fraction of sp³-hybridized carbons (Fsp3) is 0.458. The van der Waals surface area contributed by atoms with Crippen molar-refractivity contribution in [2.45, 2.75) is 45.1 Å². The van der Waals surface area contributed by atoms with E-state index in [0.717, 1.165) is 38.2 Å². The number of rotatable bonds is 4. The summed E-state index contributed by atoms with van der Waals surface area (Å²) in [7, 11) is 2.24. The summed E-state index contributed by atoms with van der Waals surface area (Å²) in [4.78, 5) is 7.55. The molecule has 2 heterocycles. The third-order valence-electron chi connectivity index (χ3n) is 6.50. The normalized spacial score (nSPS) is 26.5. The van der Waals surface area contributed by atoms with E-state index < -0.39 is 0 Å². The highest BCUT2D eigenvalue weighted by Crippen LogP contribution is 2.55. The van der Waals surface area contributed by atoms with Gasteiger partial charge in [-0.2, -0.15) is 0 Å². The largest absolute Gasteiger partial charge is 0.366 e. The molecule has 4 rings (SSSR count). The Morgan fingerprint density at radius 1 is 1.10 bits per heavy atom. The van der Waals surface area contributed by atoms with Crippen molar-refractivity contribution in [2.75, 3.05) is 30.4 Å². The summed E-state index contributed by atoms with van der Waals surface area (Å²) in [6.45, 7) is 6.30. The van der Waals surface area contributed by atoms with Gasteiger partial charge in [0.1, 0.15) is 5.84 Å². The van der Waals surface area contributed by atoms with Crippen LogP contribution >= 0.6 is 12.4 Å². The van der Waals surface area contributed by atoms with Crippen LogP contribution in [0.4, 0.5) is 11.4 Å². The molecule has 2 aromatic rings. The van der Waals surface area contributed by atoms with Gasteiger partial charge in [0.2, 0.25) is 0 Å². The zero-order chi connectivity index (χ0) is 19.7. The maximum Gasteiger partial charge on any atom is 0.109 e. The molecule has 2 aromatic carbocycles. The molecule has 29 heavy (non-hydrogen) atoms. The van der Waals surface area contributed by atoms with Crippen molar-refractivity contribution in [1.29, 1.82) is 0 Å². The molecule has 0 radical (unpaired) electrons. The van der Waals surface area contributed by atoms with Crippen molar-refractivity contribution >= 4 is 29.6 Å². The third kappa shape index (κ3) is 3.76. The lowest BCUT2D eigenvalue weighted by Crippen LogP contribution is -2.48. The molecule has 0 spiro atoms. The molecule has 0 saturated carbocycles. The van der Waals surface area contributed by atoms with Crippen LogP contribution in [0.5, 0.6) is 0 Å². The van der Waals surface area contributed by atoms with Gasteiger partial charge in [-0.3, -0.25) is 4.99 Å². The van der Waals surface area contributed by atoms with E-state index in [4.69, 9.17) is 10.7 Å². The van der Waals surface area contributed by atoms with Gasteiger partial charge in [0.05, 0.1) is 11.5 Å². The molecule has 0 aromatic heterocycles. The van der Waals surface area contributed by atoms with Crippen LogP contribution < -0.4 is 16.0 Å². The highest BCUT2D eigenvalue weighted by Gasteiger charge is 2.49. The van der Waals surface area contributed by atoms with Gasteiger partial charge in [0, 0.05) is 25.0 Å². The molecule has 2 aliphatic rings. The average Bonchev–Trinajstić information content (AvgIpc) is 2.79. The van der Waals surface area contributed by atoms with Gasteiger partial charge in [-0.15, -0.1) is 12.4 Å². The molecule has 1 unspecified atom stereocenters. The number of hydrogen-bond donors (Lipinski definition) is 2. The summed E-state index contributed by atoms with van der Waals surface area (Å²) >= 11 is 0. The van der Waals surface area contributed by atoms with Crippen LogP contribution in [0.25, 0.3) is 0 Å². The van der Waals surface area contributed by atoms with E-state index in [1.165, 1.54) is 22.5 Å². The van der Waals surface area contributed by atoms with Crippen LogP contribution in [0.1, 0.15) is 56.2 Å². The van der Waals surface area contributed by atoms with E-state index in [1.807, 2.05) is 0 Å². The van der Waals surface area contributed by atoms with E-state index in [-0.39, 0.29) is 23.9 Å². The number of nitrogens with two attached hydrogens (primary N) is 1. The zero-order valence-electron chi connectivity index (χ0n) is 17.7. The molecule has 3 atom stereocenters.